The fourth-order valence-electron chi connectivity index (χ4n) is 2.38. The molecule has 0 atom stereocenters. The third kappa shape index (κ3) is 2.94. The lowest BCUT2D eigenvalue weighted by atomic mass is 10.1. The Morgan fingerprint density at radius 2 is 2.00 bits per heavy atom. The molecule has 2 heterocycles. The van der Waals surface area contributed by atoms with Gasteiger partial charge in [0.25, 0.3) is 5.91 Å². The number of aryl methyl sites for hydroxylation is 2. The van der Waals surface area contributed by atoms with E-state index in [1.807, 2.05) is 50.2 Å². The third-order valence-electron chi connectivity index (χ3n) is 3.43. The Hall–Kier alpha value is -2.40. The van der Waals surface area contributed by atoms with Gasteiger partial charge in [0, 0.05) is 9.75 Å². The van der Waals surface area contributed by atoms with Crippen molar-refractivity contribution < 1.29 is 9.59 Å². The van der Waals surface area contributed by atoms with Crippen LogP contribution in [0.1, 0.15) is 20.9 Å². The van der Waals surface area contributed by atoms with E-state index >= 15 is 0 Å². The lowest BCUT2D eigenvalue weighted by molar-refractivity contribution is -0.123. The minimum absolute atomic E-state index is 0.280. The second-order valence-electron chi connectivity index (χ2n) is 5.32. The average Bonchev–Trinajstić information content (AvgIpc) is 2.98. The minimum Gasteiger partial charge on any atom is -0.303 e. The molecule has 0 saturated carbocycles. The van der Waals surface area contributed by atoms with Crippen molar-refractivity contribution in [3.63, 3.8) is 0 Å². The van der Waals surface area contributed by atoms with E-state index in [0.29, 0.717) is 5.70 Å². The molecule has 1 fully saturated rings. The number of nitrogens with zero attached hydrogens (tertiary/aromatic N) is 1. The highest BCUT2D eigenvalue weighted by Crippen LogP contribution is 2.21. The summed E-state index contributed by atoms with van der Waals surface area (Å²) in [5.74, 6) is -0.280. The van der Waals surface area contributed by atoms with Crippen LogP contribution in [0, 0.1) is 13.8 Å². The van der Waals surface area contributed by atoms with Crippen molar-refractivity contribution in [2.24, 2.45) is 0 Å². The molecule has 0 unspecified atom stereocenters. The Balaban J connectivity index is 1.81. The maximum atomic E-state index is 12.4. The number of rotatable bonds is 3. The van der Waals surface area contributed by atoms with Crippen LogP contribution in [0.25, 0.3) is 6.08 Å². The van der Waals surface area contributed by atoms with Crippen LogP contribution >= 0.6 is 11.3 Å². The maximum absolute atomic E-state index is 12.4. The molecular formula is C17H16N2O2S. The standard InChI is InChI=1S/C17H16N2O2S/c1-11-4-3-5-13(8-11)10-19-16(20)15(18-17(19)21)9-14-7-6-12(2)22-14/h3-9H,10H2,1-2H3,(H,18,21)/b15-9+. The van der Waals surface area contributed by atoms with E-state index in [9.17, 15) is 9.59 Å². The SMILES string of the molecule is Cc1cccc(CN2C(=O)N/C(=C/c3ccc(C)s3)C2=O)c1. The lowest BCUT2D eigenvalue weighted by Gasteiger charge is -2.12. The summed E-state index contributed by atoms with van der Waals surface area (Å²) in [7, 11) is 0. The van der Waals surface area contributed by atoms with E-state index in [-0.39, 0.29) is 18.5 Å². The Morgan fingerprint density at radius 3 is 2.68 bits per heavy atom. The molecule has 1 aromatic heterocycles. The van der Waals surface area contributed by atoms with Gasteiger partial charge in [-0.25, -0.2) is 4.79 Å². The number of benzene rings is 1. The summed E-state index contributed by atoms with van der Waals surface area (Å²) in [6, 6.07) is 11.4. The van der Waals surface area contributed by atoms with Gasteiger partial charge in [0.05, 0.1) is 6.54 Å². The van der Waals surface area contributed by atoms with Gasteiger partial charge in [0.1, 0.15) is 5.70 Å². The number of hydrogen-bond donors (Lipinski definition) is 1. The zero-order chi connectivity index (χ0) is 15.7. The first kappa shape index (κ1) is 14.5. The molecule has 112 valence electrons. The zero-order valence-electron chi connectivity index (χ0n) is 12.4. The molecule has 3 rings (SSSR count). The van der Waals surface area contributed by atoms with Crippen LogP contribution in [0.4, 0.5) is 4.79 Å². The van der Waals surface area contributed by atoms with Gasteiger partial charge in [0.15, 0.2) is 0 Å². The molecule has 4 nitrogen and oxygen atoms in total. The maximum Gasteiger partial charge on any atom is 0.329 e. The number of carbonyl (C=O) groups excluding carboxylic acids is 2. The predicted molar refractivity (Wildman–Crippen MR) is 87.3 cm³/mol. The van der Waals surface area contributed by atoms with Gasteiger partial charge in [-0.05, 0) is 37.6 Å². The molecule has 0 aliphatic carbocycles. The highest BCUT2D eigenvalue weighted by Gasteiger charge is 2.33. The van der Waals surface area contributed by atoms with Crippen LogP contribution in [-0.4, -0.2) is 16.8 Å². The quantitative estimate of drug-likeness (QED) is 0.697. The van der Waals surface area contributed by atoms with Gasteiger partial charge >= 0.3 is 6.03 Å². The highest BCUT2D eigenvalue weighted by molar-refractivity contribution is 7.12. The largest absolute Gasteiger partial charge is 0.329 e. The van der Waals surface area contributed by atoms with Gasteiger partial charge < -0.3 is 5.32 Å². The number of hydrogen-bond acceptors (Lipinski definition) is 3. The molecule has 1 saturated heterocycles. The van der Waals surface area contributed by atoms with Crippen molar-refractivity contribution in [3.05, 3.63) is 63.0 Å². The lowest BCUT2D eigenvalue weighted by Crippen LogP contribution is -2.30. The van der Waals surface area contributed by atoms with E-state index in [0.717, 1.165) is 16.0 Å². The van der Waals surface area contributed by atoms with Crippen LogP contribution in [-0.2, 0) is 11.3 Å². The first-order valence-electron chi connectivity index (χ1n) is 6.99. The van der Waals surface area contributed by atoms with Crippen LogP contribution < -0.4 is 5.32 Å². The summed E-state index contributed by atoms with van der Waals surface area (Å²) in [4.78, 5) is 27.8. The normalized spacial score (nSPS) is 16.5. The average molecular weight is 312 g/mol. The number of thiophene rings is 1. The van der Waals surface area contributed by atoms with Crippen LogP contribution in [0.3, 0.4) is 0 Å². The van der Waals surface area contributed by atoms with Gasteiger partial charge in [0.2, 0.25) is 0 Å². The topological polar surface area (TPSA) is 49.4 Å². The predicted octanol–water partition coefficient (Wildman–Crippen LogP) is 3.46. The molecule has 0 bridgehead atoms. The molecule has 22 heavy (non-hydrogen) atoms. The Kier molecular flexibility index (Phi) is 3.81. The minimum atomic E-state index is -0.369. The third-order valence-corrected chi connectivity index (χ3v) is 4.38. The van der Waals surface area contributed by atoms with Crippen LogP contribution in [0.2, 0.25) is 0 Å². The second kappa shape index (κ2) is 5.77. The number of nitrogens with one attached hydrogen (secondary N) is 1. The molecule has 3 amide bonds. The van der Waals surface area contributed by atoms with E-state index in [4.69, 9.17) is 0 Å². The monoisotopic (exact) mass is 312 g/mol. The smallest absolute Gasteiger partial charge is 0.303 e. The van der Waals surface area contributed by atoms with Crippen molar-refractivity contribution in [2.75, 3.05) is 0 Å². The highest BCUT2D eigenvalue weighted by atomic mass is 32.1. The first-order chi connectivity index (χ1) is 10.5. The zero-order valence-corrected chi connectivity index (χ0v) is 13.2. The summed E-state index contributed by atoms with van der Waals surface area (Å²) < 4.78 is 0. The number of amides is 3. The van der Waals surface area contributed by atoms with Crippen LogP contribution in [0.15, 0.2) is 42.1 Å². The molecule has 0 spiro atoms. The van der Waals surface area contributed by atoms with Gasteiger partial charge in [-0.2, -0.15) is 0 Å². The van der Waals surface area contributed by atoms with E-state index in [1.165, 1.54) is 9.78 Å². The van der Waals surface area contributed by atoms with Crippen LogP contribution in [0.5, 0.6) is 0 Å². The summed E-state index contributed by atoms with van der Waals surface area (Å²) in [6.45, 7) is 4.28. The summed E-state index contributed by atoms with van der Waals surface area (Å²) in [6.07, 6.45) is 1.73. The summed E-state index contributed by atoms with van der Waals surface area (Å²) in [5, 5.41) is 2.65. The first-order valence-corrected chi connectivity index (χ1v) is 7.81. The van der Waals surface area contributed by atoms with Crippen molar-refractivity contribution in [1.82, 2.24) is 10.2 Å². The van der Waals surface area contributed by atoms with Gasteiger partial charge in [-0.3, -0.25) is 9.69 Å². The molecule has 1 aliphatic heterocycles. The number of imide groups is 1. The van der Waals surface area contributed by atoms with Crippen molar-refractivity contribution >= 4 is 29.4 Å². The molecule has 1 N–H and O–H groups in total. The fraction of sp³-hybridized carbons (Fsp3) is 0.176. The second-order valence-corrected chi connectivity index (χ2v) is 6.64. The molecule has 1 aliphatic rings. The Labute approximate surface area is 133 Å². The number of carbonyl (C=O) groups is 2. The van der Waals surface area contributed by atoms with E-state index in [2.05, 4.69) is 5.32 Å². The Morgan fingerprint density at radius 1 is 1.18 bits per heavy atom. The van der Waals surface area contributed by atoms with Gasteiger partial charge in [-0.15, -0.1) is 11.3 Å². The molecule has 5 heteroatoms. The molecule has 2 aromatic rings. The fourth-order valence-corrected chi connectivity index (χ4v) is 3.20. The van der Waals surface area contributed by atoms with Crippen molar-refractivity contribution in [3.8, 4) is 0 Å². The van der Waals surface area contributed by atoms with E-state index in [1.54, 1.807) is 17.4 Å². The molecule has 0 radical (unpaired) electrons. The summed E-state index contributed by atoms with van der Waals surface area (Å²) in [5.41, 5.74) is 2.38. The van der Waals surface area contributed by atoms with Crippen molar-refractivity contribution in [1.29, 1.82) is 0 Å². The Bertz CT molecular complexity index is 776. The molecular weight excluding hydrogens is 296 g/mol. The number of urea groups is 1. The van der Waals surface area contributed by atoms with Crippen molar-refractivity contribution in [2.45, 2.75) is 20.4 Å². The van der Waals surface area contributed by atoms with E-state index < -0.39 is 0 Å². The van der Waals surface area contributed by atoms with Gasteiger partial charge in [-0.1, -0.05) is 29.8 Å². The summed E-state index contributed by atoms with van der Waals surface area (Å²) >= 11 is 1.59. The molecule has 1 aromatic carbocycles.